The molecule has 2 aromatic carbocycles. The fraction of sp³-hybridized carbons (Fsp3) is 0.278. The average Bonchev–Trinajstić information content (AvgIpc) is 2.63. The average molecular weight is 343 g/mol. The summed E-state index contributed by atoms with van der Waals surface area (Å²) in [6.45, 7) is 3.04. The van der Waals surface area contributed by atoms with Crippen molar-refractivity contribution in [2.75, 3.05) is 26.2 Å². The molecule has 7 heteroatoms. The minimum atomic E-state index is -0.530. The van der Waals surface area contributed by atoms with E-state index < -0.39 is 4.92 Å². The molecule has 130 valence electrons. The van der Waals surface area contributed by atoms with Crippen molar-refractivity contribution in [2.24, 2.45) is 0 Å². The van der Waals surface area contributed by atoms with E-state index in [-0.39, 0.29) is 23.0 Å². The highest BCUT2D eigenvalue weighted by atomic mass is 19.1. The van der Waals surface area contributed by atoms with E-state index in [9.17, 15) is 19.3 Å². The molecular weight excluding hydrogens is 325 g/mol. The summed E-state index contributed by atoms with van der Waals surface area (Å²) in [5.74, 6) is -0.572. The second-order valence-electron chi connectivity index (χ2n) is 5.97. The van der Waals surface area contributed by atoms with Gasteiger partial charge >= 0.3 is 0 Å². The lowest BCUT2D eigenvalue weighted by Gasteiger charge is -2.34. The highest BCUT2D eigenvalue weighted by Gasteiger charge is 2.27. The van der Waals surface area contributed by atoms with E-state index in [0.29, 0.717) is 32.7 Å². The molecule has 0 unspecified atom stereocenters. The zero-order chi connectivity index (χ0) is 17.8. The molecular formula is C18H18FN3O3. The number of nitro benzene ring substituents is 1. The van der Waals surface area contributed by atoms with Gasteiger partial charge in [-0.3, -0.25) is 19.8 Å². The Bertz CT molecular complexity index is 771. The lowest BCUT2D eigenvalue weighted by Crippen LogP contribution is -2.48. The Morgan fingerprint density at radius 2 is 1.68 bits per heavy atom. The molecule has 3 rings (SSSR count). The lowest BCUT2D eigenvalue weighted by molar-refractivity contribution is -0.385. The Labute approximate surface area is 144 Å². The first-order valence-corrected chi connectivity index (χ1v) is 8.04. The molecule has 0 radical (unpaired) electrons. The number of benzene rings is 2. The van der Waals surface area contributed by atoms with Crippen LogP contribution in [0.25, 0.3) is 0 Å². The fourth-order valence-electron chi connectivity index (χ4n) is 2.94. The van der Waals surface area contributed by atoms with E-state index in [4.69, 9.17) is 0 Å². The van der Waals surface area contributed by atoms with Gasteiger partial charge in [-0.05, 0) is 23.8 Å². The number of rotatable bonds is 4. The van der Waals surface area contributed by atoms with Gasteiger partial charge in [-0.2, -0.15) is 0 Å². The highest BCUT2D eigenvalue weighted by Crippen LogP contribution is 2.20. The number of para-hydroxylation sites is 1. The molecule has 1 fully saturated rings. The van der Waals surface area contributed by atoms with Gasteiger partial charge in [0.25, 0.3) is 11.6 Å². The summed E-state index contributed by atoms with van der Waals surface area (Å²) < 4.78 is 13.0. The Morgan fingerprint density at radius 1 is 1.04 bits per heavy atom. The van der Waals surface area contributed by atoms with E-state index >= 15 is 0 Å². The monoisotopic (exact) mass is 343 g/mol. The number of carbonyl (C=O) groups excluding carboxylic acids is 1. The number of hydrogen-bond donors (Lipinski definition) is 0. The van der Waals surface area contributed by atoms with Gasteiger partial charge in [0.2, 0.25) is 0 Å². The zero-order valence-electron chi connectivity index (χ0n) is 13.6. The molecule has 0 saturated carbocycles. The SMILES string of the molecule is O=C(c1ccccc1[N+](=O)[O-])N1CCN(Cc2ccc(F)cc2)CC1. The lowest BCUT2D eigenvalue weighted by atomic mass is 10.1. The van der Waals surface area contributed by atoms with Gasteiger partial charge in [-0.25, -0.2) is 4.39 Å². The number of amides is 1. The number of nitro groups is 1. The van der Waals surface area contributed by atoms with Gasteiger partial charge < -0.3 is 4.90 Å². The molecule has 6 nitrogen and oxygen atoms in total. The molecule has 0 aromatic heterocycles. The van der Waals surface area contributed by atoms with Crippen LogP contribution in [-0.2, 0) is 6.54 Å². The Kier molecular flexibility index (Phi) is 5.04. The van der Waals surface area contributed by atoms with Crippen molar-refractivity contribution in [3.63, 3.8) is 0 Å². The molecule has 25 heavy (non-hydrogen) atoms. The van der Waals surface area contributed by atoms with Crippen LogP contribution in [0.2, 0.25) is 0 Å². The topological polar surface area (TPSA) is 66.7 Å². The molecule has 0 aliphatic carbocycles. The first-order chi connectivity index (χ1) is 12.0. The van der Waals surface area contributed by atoms with E-state index in [1.165, 1.54) is 24.3 Å². The summed E-state index contributed by atoms with van der Waals surface area (Å²) in [7, 11) is 0. The standard InChI is InChI=1S/C18H18FN3O3/c19-15-7-5-14(6-8-15)13-20-9-11-21(12-10-20)18(23)16-3-1-2-4-17(16)22(24)25/h1-8H,9-13H2. The van der Waals surface area contributed by atoms with Crippen LogP contribution >= 0.6 is 0 Å². The van der Waals surface area contributed by atoms with Crippen molar-refractivity contribution in [2.45, 2.75) is 6.54 Å². The van der Waals surface area contributed by atoms with Crippen LogP contribution in [0.4, 0.5) is 10.1 Å². The van der Waals surface area contributed by atoms with E-state index in [1.807, 2.05) is 0 Å². The first kappa shape index (κ1) is 17.0. The predicted molar refractivity (Wildman–Crippen MR) is 90.7 cm³/mol. The number of halogens is 1. The smallest absolute Gasteiger partial charge is 0.282 e. The van der Waals surface area contributed by atoms with Crippen molar-refractivity contribution < 1.29 is 14.1 Å². The van der Waals surface area contributed by atoms with E-state index in [2.05, 4.69) is 4.90 Å². The van der Waals surface area contributed by atoms with E-state index in [0.717, 1.165) is 5.56 Å². The second-order valence-corrected chi connectivity index (χ2v) is 5.97. The zero-order valence-corrected chi connectivity index (χ0v) is 13.6. The van der Waals surface area contributed by atoms with Gasteiger partial charge in [0, 0.05) is 38.8 Å². The maximum absolute atomic E-state index is 13.0. The Morgan fingerprint density at radius 3 is 2.32 bits per heavy atom. The van der Waals surface area contributed by atoms with Gasteiger partial charge in [0.05, 0.1) is 4.92 Å². The van der Waals surface area contributed by atoms with Crippen LogP contribution in [0, 0.1) is 15.9 Å². The normalized spacial score (nSPS) is 15.2. The van der Waals surface area contributed by atoms with Crippen LogP contribution in [0.1, 0.15) is 15.9 Å². The second kappa shape index (κ2) is 7.40. The highest BCUT2D eigenvalue weighted by molar-refractivity contribution is 5.98. The minimum absolute atomic E-state index is 0.125. The number of piperazine rings is 1. The third-order valence-corrected chi connectivity index (χ3v) is 4.31. The minimum Gasteiger partial charge on any atom is -0.336 e. The molecule has 0 bridgehead atoms. The van der Waals surface area contributed by atoms with Crippen molar-refractivity contribution >= 4 is 11.6 Å². The molecule has 1 saturated heterocycles. The molecule has 0 atom stereocenters. The molecule has 0 spiro atoms. The number of carbonyl (C=O) groups is 1. The van der Waals surface area contributed by atoms with Gasteiger partial charge in [0.15, 0.2) is 0 Å². The third-order valence-electron chi connectivity index (χ3n) is 4.31. The summed E-state index contributed by atoms with van der Waals surface area (Å²) >= 11 is 0. The molecule has 0 N–H and O–H groups in total. The summed E-state index contributed by atoms with van der Waals surface area (Å²) in [5, 5.41) is 11.1. The van der Waals surface area contributed by atoms with Crippen molar-refractivity contribution in [1.29, 1.82) is 0 Å². The van der Waals surface area contributed by atoms with E-state index in [1.54, 1.807) is 29.2 Å². The van der Waals surface area contributed by atoms with Crippen LogP contribution in [-0.4, -0.2) is 46.8 Å². The summed E-state index contributed by atoms with van der Waals surface area (Å²) in [6.07, 6.45) is 0. The third kappa shape index (κ3) is 4.00. The predicted octanol–water partition coefficient (Wildman–Crippen LogP) is 2.69. The molecule has 1 heterocycles. The van der Waals surface area contributed by atoms with Crippen LogP contribution in [0.15, 0.2) is 48.5 Å². The van der Waals surface area contributed by atoms with Crippen LogP contribution < -0.4 is 0 Å². The summed E-state index contributed by atoms with van der Waals surface area (Å²) in [5.41, 5.74) is 0.973. The Balaban J connectivity index is 1.61. The summed E-state index contributed by atoms with van der Waals surface area (Å²) in [4.78, 5) is 27.0. The molecule has 2 aromatic rings. The van der Waals surface area contributed by atoms with Crippen molar-refractivity contribution in [3.8, 4) is 0 Å². The molecule has 1 amide bonds. The maximum atomic E-state index is 13.0. The Hall–Kier alpha value is -2.80. The molecule has 1 aliphatic rings. The van der Waals surface area contributed by atoms with Crippen LogP contribution in [0.5, 0.6) is 0 Å². The van der Waals surface area contributed by atoms with Gasteiger partial charge in [0.1, 0.15) is 11.4 Å². The van der Waals surface area contributed by atoms with Crippen LogP contribution in [0.3, 0.4) is 0 Å². The summed E-state index contributed by atoms with van der Waals surface area (Å²) in [6, 6.07) is 12.4. The largest absolute Gasteiger partial charge is 0.336 e. The number of hydrogen-bond acceptors (Lipinski definition) is 4. The number of nitrogens with zero attached hydrogens (tertiary/aromatic N) is 3. The van der Waals surface area contributed by atoms with Gasteiger partial charge in [-0.15, -0.1) is 0 Å². The molecule has 1 aliphatic heterocycles. The fourth-order valence-corrected chi connectivity index (χ4v) is 2.94. The van der Waals surface area contributed by atoms with Gasteiger partial charge in [-0.1, -0.05) is 24.3 Å². The first-order valence-electron chi connectivity index (χ1n) is 8.04. The van der Waals surface area contributed by atoms with Crippen molar-refractivity contribution in [3.05, 3.63) is 75.6 Å². The maximum Gasteiger partial charge on any atom is 0.282 e. The quantitative estimate of drug-likeness (QED) is 0.632. The van der Waals surface area contributed by atoms with Crippen molar-refractivity contribution in [1.82, 2.24) is 9.80 Å².